The van der Waals surface area contributed by atoms with Gasteiger partial charge in [0.1, 0.15) is 18.1 Å². The molecule has 196 valence electrons. The van der Waals surface area contributed by atoms with Crippen LogP contribution in [0.5, 0.6) is 0 Å². The minimum absolute atomic E-state index is 0.0116. The van der Waals surface area contributed by atoms with Crippen molar-refractivity contribution < 1.29 is 29.4 Å². The van der Waals surface area contributed by atoms with Crippen LogP contribution in [-0.2, 0) is 19.2 Å². The molecule has 14 nitrogen and oxygen atoms in total. The quantitative estimate of drug-likeness (QED) is 0.0400. The van der Waals surface area contributed by atoms with Crippen molar-refractivity contribution in [2.24, 2.45) is 27.9 Å². The van der Waals surface area contributed by atoms with Crippen LogP contribution in [-0.4, -0.2) is 89.0 Å². The molecule has 0 saturated carbocycles. The Hall–Kier alpha value is -2.62. The Morgan fingerprint density at radius 1 is 0.941 bits per heavy atom. The second kappa shape index (κ2) is 16.9. The minimum atomic E-state index is -1.47. The molecular formula is C19H38N8O6S. The van der Waals surface area contributed by atoms with Crippen LogP contribution in [0.2, 0.25) is 0 Å². The topological polar surface area (TPSA) is 261 Å². The zero-order chi connectivity index (χ0) is 26.3. The number of carbonyl (C=O) groups excluding carboxylic acids is 3. The second-order valence-corrected chi connectivity index (χ2v) is 8.07. The number of carboxylic acids is 1. The predicted octanol–water partition coefficient (Wildman–Crippen LogP) is -3.65. The standard InChI is InChI=1S/C19H38N8O6S/c1-10(28)14(17(31)26-13(18(32)33)6-4-8-24-19(22)23)27-16(30)12(5-2-3-7-20)25-15(29)11(21)9-34/h10-14,28,34H,2-9,20-21H2,1H3,(H,25,29)(H,26,31)(H,27,30)(H,32,33)(H4,22,23,24). The van der Waals surface area contributed by atoms with E-state index in [4.69, 9.17) is 22.9 Å². The summed E-state index contributed by atoms with van der Waals surface area (Å²) in [4.78, 5) is 52.9. The molecule has 13 N–H and O–H groups in total. The third-order valence-corrected chi connectivity index (χ3v) is 5.13. The molecule has 5 unspecified atom stereocenters. The van der Waals surface area contributed by atoms with Gasteiger partial charge in [-0.25, -0.2) is 4.79 Å². The summed E-state index contributed by atoms with van der Waals surface area (Å²) in [6.07, 6.45) is 0.232. The number of aliphatic carboxylic acids is 1. The number of nitrogens with one attached hydrogen (secondary N) is 3. The molecular weight excluding hydrogens is 468 g/mol. The fourth-order valence-corrected chi connectivity index (χ4v) is 2.97. The highest BCUT2D eigenvalue weighted by Crippen LogP contribution is 2.05. The van der Waals surface area contributed by atoms with E-state index in [0.29, 0.717) is 19.4 Å². The highest BCUT2D eigenvalue weighted by atomic mass is 32.1. The van der Waals surface area contributed by atoms with Crippen LogP contribution in [0, 0.1) is 0 Å². The van der Waals surface area contributed by atoms with Crippen molar-refractivity contribution in [1.82, 2.24) is 16.0 Å². The van der Waals surface area contributed by atoms with Gasteiger partial charge in [0, 0.05) is 12.3 Å². The molecule has 0 aromatic carbocycles. The molecule has 0 radical (unpaired) electrons. The Bertz CT molecular complexity index is 704. The first-order valence-corrected chi connectivity index (χ1v) is 11.5. The number of aliphatic imine (C=N–C) groups is 1. The van der Waals surface area contributed by atoms with Gasteiger partial charge < -0.3 is 49.1 Å². The number of aliphatic hydroxyl groups is 1. The molecule has 0 saturated heterocycles. The maximum Gasteiger partial charge on any atom is 0.326 e. The smallest absolute Gasteiger partial charge is 0.326 e. The first-order valence-electron chi connectivity index (χ1n) is 10.9. The molecule has 34 heavy (non-hydrogen) atoms. The zero-order valence-electron chi connectivity index (χ0n) is 19.3. The van der Waals surface area contributed by atoms with Gasteiger partial charge in [-0.05, 0) is 45.6 Å². The summed E-state index contributed by atoms with van der Waals surface area (Å²) in [7, 11) is 0. The molecule has 3 amide bonds. The summed E-state index contributed by atoms with van der Waals surface area (Å²) in [6, 6.07) is -4.76. The highest BCUT2D eigenvalue weighted by molar-refractivity contribution is 7.80. The summed E-state index contributed by atoms with van der Waals surface area (Å²) in [6.45, 7) is 1.81. The van der Waals surface area contributed by atoms with Crippen molar-refractivity contribution in [2.75, 3.05) is 18.8 Å². The van der Waals surface area contributed by atoms with Gasteiger partial charge in [-0.15, -0.1) is 0 Å². The third-order valence-electron chi connectivity index (χ3n) is 4.74. The number of carboxylic acid groups (broad SMARTS) is 1. The zero-order valence-corrected chi connectivity index (χ0v) is 20.2. The van der Waals surface area contributed by atoms with Crippen LogP contribution in [0.25, 0.3) is 0 Å². The van der Waals surface area contributed by atoms with Gasteiger partial charge in [0.05, 0.1) is 12.1 Å². The number of rotatable bonds is 17. The molecule has 0 bridgehead atoms. The van der Waals surface area contributed by atoms with Crippen molar-refractivity contribution in [2.45, 2.75) is 69.3 Å². The molecule has 0 heterocycles. The van der Waals surface area contributed by atoms with Crippen LogP contribution >= 0.6 is 12.6 Å². The van der Waals surface area contributed by atoms with E-state index in [1.807, 2.05) is 0 Å². The van der Waals surface area contributed by atoms with Crippen LogP contribution in [0.4, 0.5) is 0 Å². The summed E-state index contributed by atoms with van der Waals surface area (Å²) >= 11 is 3.96. The Kier molecular flexibility index (Phi) is 15.6. The SMILES string of the molecule is CC(O)C(NC(=O)C(CCCCN)NC(=O)C(N)CS)C(=O)NC(CCCN=C(N)N)C(=O)O. The number of hydrogen-bond donors (Lipinski definition) is 10. The molecule has 0 rings (SSSR count). The number of guanidine groups is 1. The molecule has 0 aliphatic carbocycles. The summed E-state index contributed by atoms with van der Waals surface area (Å²) in [5.74, 6) is -3.64. The van der Waals surface area contributed by atoms with Gasteiger partial charge in [-0.2, -0.15) is 12.6 Å². The molecule has 0 aromatic heterocycles. The largest absolute Gasteiger partial charge is 0.480 e. The fraction of sp³-hybridized carbons (Fsp3) is 0.737. The summed E-state index contributed by atoms with van der Waals surface area (Å²) in [5, 5.41) is 26.6. The van der Waals surface area contributed by atoms with E-state index in [9.17, 15) is 29.4 Å². The number of nitrogens with two attached hydrogens (primary N) is 4. The second-order valence-electron chi connectivity index (χ2n) is 7.71. The number of hydrogen-bond acceptors (Lipinski definition) is 9. The lowest BCUT2D eigenvalue weighted by molar-refractivity contribution is -0.143. The van der Waals surface area contributed by atoms with E-state index in [1.165, 1.54) is 6.92 Å². The number of amides is 3. The normalized spacial score (nSPS) is 15.2. The Morgan fingerprint density at radius 3 is 2.03 bits per heavy atom. The molecule has 0 aromatic rings. The molecule has 5 atom stereocenters. The van der Waals surface area contributed by atoms with Crippen molar-refractivity contribution in [3.8, 4) is 0 Å². The fourth-order valence-electron chi connectivity index (χ4n) is 2.80. The molecule has 0 aliphatic rings. The van der Waals surface area contributed by atoms with Crippen LogP contribution in [0.15, 0.2) is 4.99 Å². The Balaban J connectivity index is 5.31. The minimum Gasteiger partial charge on any atom is -0.480 e. The van der Waals surface area contributed by atoms with Crippen molar-refractivity contribution in [3.05, 3.63) is 0 Å². The van der Waals surface area contributed by atoms with Gasteiger partial charge in [-0.1, -0.05) is 0 Å². The van der Waals surface area contributed by atoms with Crippen LogP contribution in [0.3, 0.4) is 0 Å². The van der Waals surface area contributed by atoms with Gasteiger partial charge in [-0.3, -0.25) is 19.4 Å². The average molecular weight is 507 g/mol. The lowest BCUT2D eigenvalue weighted by Gasteiger charge is -2.26. The molecule has 0 aliphatic heterocycles. The van der Waals surface area contributed by atoms with Crippen LogP contribution < -0.4 is 38.9 Å². The van der Waals surface area contributed by atoms with Gasteiger partial charge in [0.2, 0.25) is 17.7 Å². The van der Waals surface area contributed by atoms with E-state index >= 15 is 0 Å². The number of thiol groups is 1. The van der Waals surface area contributed by atoms with Crippen molar-refractivity contribution >= 4 is 42.3 Å². The lowest BCUT2D eigenvalue weighted by Crippen LogP contribution is -2.59. The highest BCUT2D eigenvalue weighted by Gasteiger charge is 2.32. The average Bonchev–Trinajstić information content (AvgIpc) is 2.77. The summed E-state index contributed by atoms with van der Waals surface area (Å²) < 4.78 is 0. The van der Waals surface area contributed by atoms with E-state index < -0.39 is 54.0 Å². The van der Waals surface area contributed by atoms with E-state index in [1.54, 1.807) is 0 Å². The maximum atomic E-state index is 12.8. The van der Waals surface area contributed by atoms with Gasteiger partial charge in [0.15, 0.2) is 5.96 Å². The number of nitrogens with zero attached hydrogens (tertiary/aromatic N) is 1. The number of aliphatic hydroxyl groups excluding tert-OH is 1. The number of unbranched alkanes of at least 4 members (excludes halogenated alkanes) is 1. The first kappa shape index (κ1) is 31.4. The van der Waals surface area contributed by atoms with Crippen molar-refractivity contribution in [3.63, 3.8) is 0 Å². The molecule has 15 heteroatoms. The van der Waals surface area contributed by atoms with Gasteiger partial charge in [0.25, 0.3) is 0 Å². The van der Waals surface area contributed by atoms with E-state index in [0.717, 1.165) is 0 Å². The van der Waals surface area contributed by atoms with Gasteiger partial charge >= 0.3 is 5.97 Å². The van der Waals surface area contributed by atoms with E-state index in [2.05, 4.69) is 33.6 Å². The molecule has 0 spiro atoms. The van der Waals surface area contributed by atoms with Crippen LogP contribution in [0.1, 0.15) is 39.0 Å². The Labute approximate surface area is 204 Å². The first-order chi connectivity index (χ1) is 15.9. The monoisotopic (exact) mass is 506 g/mol. The molecule has 0 fully saturated rings. The van der Waals surface area contributed by atoms with E-state index in [-0.39, 0.29) is 37.5 Å². The lowest BCUT2D eigenvalue weighted by atomic mass is 10.1. The predicted molar refractivity (Wildman–Crippen MR) is 130 cm³/mol. The Morgan fingerprint density at radius 2 is 1.53 bits per heavy atom. The van der Waals surface area contributed by atoms with Crippen molar-refractivity contribution in [1.29, 1.82) is 0 Å². The summed E-state index contributed by atoms with van der Waals surface area (Å²) in [5.41, 5.74) is 21.6. The number of carbonyl (C=O) groups is 4. The third kappa shape index (κ3) is 12.6. The maximum absolute atomic E-state index is 12.8.